The van der Waals surface area contributed by atoms with Gasteiger partial charge in [-0.3, -0.25) is 4.90 Å². The average Bonchev–Trinajstić information content (AvgIpc) is 2.96. The minimum absolute atomic E-state index is 0.548. The first-order valence-corrected chi connectivity index (χ1v) is 9.18. The molecule has 2 aromatic rings. The van der Waals surface area contributed by atoms with Gasteiger partial charge >= 0.3 is 0 Å². The van der Waals surface area contributed by atoms with Crippen LogP contribution in [0.25, 0.3) is 0 Å². The molecule has 0 radical (unpaired) electrons. The van der Waals surface area contributed by atoms with Crippen LogP contribution in [0, 0.1) is 18.8 Å². The molecule has 0 unspecified atom stereocenters. The first kappa shape index (κ1) is 17.2. The van der Waals surface area contributed by atoms with Gasteiger partial charge in [0.05, 0.1) is 6.54 Å². The molecule has 1 atom stereocenters. The Hall–Kier alpha value is -1.68. The van der Waals surface area contributed by atoms with Crippen LogP contribution in [0.2, 0.25) is 0 Å². The van der Waals surface area contributed by atoms with Gasteiger partial charge in [0.2, 0.25) is 5.89 Å². The number of hydrogen-bond donors (Lipinski definition) is 0. The molecule has 1 aliphatic heterocycles. The molecule has 0 N–H and O–H groups in total. The molecule has 1 aromatic carbocycles. The first-order valence-electron chi connectivity index (χ1n) is 9.18. The Morgan fingerprint density at radius 1 is 1.25 bits per heavy atom. The predicted molar refractivity (Wildman–Crippen MR) is 95.7 cm³/mol. The van der Waals surface area contributed by atoms with Crippen molar-refractivity contribution in [3.05, 3.63) is 47.1 Å². The van der Waals surface area contributed by atoms with Gasteiger partial charge in [-0.2, -0.15) is 4.98 Å². The Morgan fingerprint density at radius 3 is 2.79 bits per heavy atom. The van der Waals surface area contributed by atoms with Crippen molar-refractivity contribution in [3.63, 3.8) is 0 Å². The smallest absolute Gasteiger partial charge is 0.226 e. The van der Waals surface area contributed by atoms with Crippen LogP contribution in [-0.4, -0.2) is 28.1 Å². The highest BCUT2D eigenvalue weighted by Gasteiger charge is 2.22. The lowest BCUT2D eigenvalue weighted by atomic mass is 9.91. The summed E-state index contributed by atoms with van der Waals surface area (Å²) < 4.78 is 5.36. The lowest BCUT2D eigenvalue weighted by Crippen LogP contribution is -2.36. The van der Waals surface area contributed by atoms with Gasteiger partial charge in [-0.1, -0.05) is 48.8 Å². The normalized spacial score (nSPS) is 19.1. The Kier molecular flexibility index (Phi) is 5.67. The number of aromatic nitrogens is 2. The molecule has 1 fully saturated rings. The Bertz CT molecular complexity index is 633. The summed E-state index contributed by atoms with van der Waals surface area (Å²) in [4.78, 5) is 7.02. The van der Waals surface area contributed by atoms with Crippen molar-refractivity contribution in [2.75, 3.05) is 13.1 Å². The van der Waals surface area contributed by atoms with E-state index in [4.69, 9.17) is 4.52 Å². The fourth-order valence-corrected chi connectivity index (χ4v) is 3.51. The molecule has 4 nitrogen and oxygen atoms in total. The molecule has 1 aliphatic rings. The molecule has 1 aromatic heterocycles. The highest BCUT2D eigenvalue weighted by Crippen LogP contribution is 2.22. The molecule has 0 saturated carbocycles. The summed E-state index contributed by atoms with van der Waals surface area (Å²) in [7, 11) is 0. The Labute approximate surface area is 145 Å². The van der Waals surface area contributed by atoms with E-state index in [0.717, 1.165) is 43.7 Å². The van der Waals surface area contributed by atoms with Gasteiger partial charge in [0.25, 0.3) is 0 Å². The molecule has 24 heavy (non-hydrogen) atoms. The summed E-state index contributed by atoms with van der Waals surface area (Å²) in [6.45, 7) is 9.56. The molecule has 0 amide bonds. The zero-order valence-corrected chi connectivity index (χ0v) is 15.2. The second-order valence-electron chi connectivity index (χ2n) is 7.64. The number of rotatable bonds is 6. The summed E-state index contributed by atoms with van der Waals surface area (Å²) in [5.41, 5.74) is 2.78. The van der Waals surface area contributed by atoms with E-state index >= 15 is 0 Å². The summed E-state index contributed by atoms with van der Waals surface area (Å²) in [5, 5.41) is 4.15. The summed E-state index contributed by atoms with van der Waals surface area (Å²) in [5.74, 6) is 2.88. The van der Waals surface area contributed by atoms with Crippen molar-refractivity contribution in [2.24, 2.45) is 11.8 Å². The van der Waals surface area contributed by atoms with Crippen molar-refractivity contribution >= 4 is 0 Å². The van der Waals surface area contributed by atoms with E-state index in [1.807, 2.05) is 0 Å². The van der Waals surface area contributed by atoms with E-state index in [-0.39, 0.29) is 0 Å². The van der Waals surface area contributed by atoms with E-state index in [1.54, 1.807) is 0 Å². The van der Waals surface area contributed by atoms with Gasteiger partial charge in [-0.25, -0.2) is 0 Å². The van der Waals surface area contributed by atoms with Crippen LogP contribution in [0.3, 0.4) is 0 Å². The molecule has 3 rings (SSSR count). The van der Waals surface area contributed by atoms with E-state index in [0.29, 0.717) is 5.92 Å². The fourth-order valence-electron chi connectivity index (χ4n) is 3.51. The number of hydrogen-bond acceptors (Lipinski definition) is 4. The number of benzene rings is 1. The molecule has 1 saturated heterocycles. The average molecular weight is 327 g/mol. The maximum absolute atomic E-state index is 5.36. The first-order chi connectivity index (χ1) is 11.6. The molecular formula is C20H29N3O. The Balaban J connectivity index is 1.53. The van der Waals surface area contributed by atoms with E-state index in [2.05, 4.69) is 60.1 Å². The topological polar surface area (TPSA) is 42.2 Å². The van der Waals surface area contributed by atoms with Crippen LogP contribution in [0.15, 0.2) is 28.8 Å². The molecule has 130 valence electrons. The van der Waals surface area contributed by atoms with Crippen molar-refractivity contribution in [1.82, 2.24) is 15.0 Å². The maximum atomic E-state index is 5.36. The van der Waals surface area contributed by atoms with Gasteiger partial charge in [0.15, 0.2) is 5.82 Å². The zero-order chi connectivity index (χ0) is 16.9. The van der Waals surface area contributed by atoms with E-state index in [1.165, 1.54) is 30.4 Å². The van der Waals surface area contributed by atoms with Crippen molar-refractivity contribution in [3.8, 4) is 0 Å². The lowest BCUT2D eigenvalue weighted by molar-refractivity contribution is 0.162. The standard InChI is InChI=1S/C20H29N3O/c1-15(2)11-20-21-19(22-24-20)14-23-10-4-5-18(13-23)12-17-8-6-16(3)7-9-17/h6-9,15,18H,4-5,10-14H2,1-3H3/t18-/m0/s1. The SMILES string of the molecule is Cc1ccc(C[C@@H]2CCCN(Cc3noc(CC(C)C)n3)C2)cc1. The van der Waals surface area contributed by atoms with Gasteiger partial charge in [0.1, 0.15) is 0 Å². The van der Waals surface area contributed by atoms with Gasteiger partial charge < -0.3 is 4.52 Å². The molecule has 0 spiro atoms. The molecule has 0 aliphatic carbocycles. The number of piperidine rings is 1. The van der Waals surface area contributed by atoms with Gasteiger partial charge in [-0.15, -0.1) is 0 Å². The Morgan fingerprint density at radius 2 is 2.04 bits per heavy atom. The highest BCUT2D eigenvalue weighted by atomic mass is 16.5. The fraction of sp³-hybridized carbons (Fsp3) is 0.600. The number of likely N-dealkylation sites (tertiary alicyclic amines) is 1. The van der Waals surface area contributed by atoms with Crippen LogP contribution in [0.4, 0.5) is 0 Å². The maximum Gasteiger partial charge on any atom is 0.226 e. The van der Waals surface area contributed by atoms with Crippen molar-refractivity contribution in [1.29, 1.82) is 0 Å². The van der Waals surface area contributed by atoms with E-state index in [9.17, 15) is 0 Å². The molecule has 0 bridgehead atoms. The van der Waals surface area contributed by atoms with Gasteiger partial charge in [-0.05, 0) is 50.1 Å². The van der Waals surface area contributed by atoms with Gasteiger partial charge in [0, 0.05) is 13.0 Å². The van der Waals surface area contributed by atoms with Crippen LogP contribution >= 0.6 is 0 Å². The third kappa shape index (κ3) is 4.91. The van der Waals surface area contributed by atoms with Crippen molar-refractivity contribution < 1.29 is 4.52 Å². The predicted octanol–water partition coefficient (Wildman–Crippen LogP) is 4.03. The summed E-state index contributed by atoms with van der Waals surface area (Å²) >= 11 is 0. The van der Waals surface area contributed by atoms with Crippen LogP contribution in [0.5, 0.6) is 0 Å². The quantitative estimate of drug-likeness (QED) is 0.803. The molecule has 4 heteroatoms. The lowest BCUT2D eigenvalue weighted by Gasteiger charge is -2.32. The third-order valence-corrected chi connectivity index (χ3v) is 4.71. The minimum Gasteiger partial charge on any atom is -0.339 e. The number of nitrogens with zero attached hydrogens (tertiary/aromatic N) is 3. The minimum atomic E-state index is 0.548. The van der Waals surface area contributed by atoms with E-state index < -0.39 is 0 Å². The summed E-state index contributed by atoms with van der Waals surface area (Å²) in [6, 6.07) is 8.97. The monoisotopic (exact) mass is 327 g/mol. The highest BCUT2D eigenvalue weighted by molar-refractivity contribution is 5.21. The van der Waals surface area contributed by atoms with Crippen LogP contribution in [-0.2, 0) is 19.4 Å². The third-order valence-electron chi connectivity index (χ3n) is 4.71. The van der Waals surface area contributed by atoms with Crippen molar-refractivity contribution in [2.45, 2.75) is 53.0 Å². The van der Waals surface area contributed by atoms with Crippen LogP contribution < -0.4 is 0 Å². The number of aryl methyl sites for hydroxylation is 1. The molecule has 2 heterocycles. The molecular weight excluding hydrogens is 298 g/mol. The summed E-state index contributed by atoms with van der Waals surface area (Å²) in [6.07, 6.45) is 4.60. The van der Waals surface area contributed by atoms with Crippen LogP contribution in [0.1, 0.15) is 49.5 Å². The second kappa shape index (κ2) is 7.93. The second-order valence-corrected chi connectivity index (χ2v) is 7.64. The largest absolute Gasteiger partial charge is 0.339 e. The zero-order valence-electron chi connectivity index (χ0n) is 15.2.